The van der Waals surface area contributed by atoms with Gasteiger partial charge in [0.05, 0.1) is 0 Å². The molecule has 0 aromatic rings. The Morgan fingerprint density at radius 2 is 2.29 bits per heavy atom. The Bertz CT molecular complexity index is 105. The fourth-order valence-corrected chi connectivity index (χ4v) is 0.134. The maximum atomic E-state index is 11.4. The van der Waals surface area contributed by atoms with Crippen molar-refractivity contribution in [3.63, 3.8) is 0 Å². The molecule has 0 aromatic heterocycles. The minimum atomic E-state index is -0.695. The van der Waals surface area contributed by atoms with Gasteiger partial charge in [0.15, 0.2) is 0 Å². The third kappa shape index (κ3) is 5.08. The van der Waals surface area contributed by atoms with Gasteiger partial charge in [-0.15, -0.1) is 0 Å². The monoisotopic (exact) mass is 99.0 g/mol. The molecule has 0 bridgehead atoms. The van der Waals surface area contributed by atoms with E-state index in [-0.39, 0.29) is 0 Å². The molecule has 0 atom stereocenters. The zero-order valence-electron chi connectivity index (χ0n) is 3.89. The summed E-state index contributed by atoms with van der Waals surface area (Å²) in [5.74, 6) is -0.695. The van der Waals surface area contributed by atoms with Gasteiger partial charge in [-0.25, -0.2) is 4.99 Å². The largest absolute Gasteiger partial charge is 0.229 e. The topological polar surface area (TPSA) is 12.4 Å². The van der Waals surface area contributed by atoms with Gasteiger partial charge in [0.25, 0.3) is 0 Å². The number of hydrogen-bond donors (Lipinski definition) is 0. The number of aliphatic imine (C=N–C) groups is 1. The highest BCUT2D eigenvalue weighted by atomic mass is 19.1. The first-order valence-corrected chi connectivity index (χ1v) is 1.77. The molecule has 0 N–H and O–H groups in total. The fraction of sp³-hybridized carbons (Fsp3) is 0. The Labute approximate surface area is 41.9 Å². The predicted molar refractivity (Wildman–Crippen MR) is 28.9 cm³/mol. The van der Waals surface area contributed by atoms with Crippen LogP contribution in [-0.2, 0) is 0 Å². The number of hydrogen-bond acceptors (Lipinski definition) is 1. The van der Waals surface area contributed by atoms with Crippen LogP contribution in [0, 0.1) is 0 Å². The first-order chi connectivity index (χ1) is 3.27. The van der Waals surface area contributed by atoms with Gasteiger partial charge in [-0.2, -0.15) is 4.39 Å². The number of halogens is 1. The van der Waals surface area contributed by atoms with E-state index in [9.17, 15) is 4.39 Å². The lowest BCUT2D eigenvalue weighted by molar-refractivity contribution is 0.634. The molecule has 0 saturated carbocycles. The average Bonchev–Trinajstić information content (AvgIpc) is 1.61. The second-order valence-corrected chi connectivity index (χ2v) is 0.890. The van der Waals surface area contributed by atoms with Crippen molar-refractivity contribution in [3.05, 3.63) is 25.2 Å². The van der Waals surface area contributed by atoms with Crippen molar-refractivity contribution in [2.75, 3.05) is 0 Å². The van der Waals surface area contributed by atoms with Gasteiger partial charge in [-0.1, -0.05) is 12.7 Å². The summed E-state index contributed by atoms with van der Waals surface area (Å²) in [6.07, 6.45) is 2.62. The van der Waals surface area contributed by atoms with E-state index in [2.05, 4.69) is 18.2 Å². The molecule has 0 amide bonds. The van der Waals surface area contributed by atoms with Crippen LogP contribution in [0.15, 0.2) is 30.2 Å². The molecule has 0 aliphatic heterocycles. The highest BCUT2D eigenvalue weighted by Gasteiger charge is 1.71. The van der Waals surface area contributed by atoms with Crippen molar-refractivity contribution in [2.24, 2.45) is 4.99 Å². The highest BCUT2D eigenvalue weighted by Crippen LogP contribution is 1.88. The molecule has 2 heteroatoms. The summed E-state index contributed by atoms with van der Waals surface area (Å²) < 4.78 is 11.4. The molecule has 0 aliphatic carbocycles. The molecular formula is C5H6FN. The lowest BCUT2D eigenvalue weighted by Gasteiger charge is -1.73. The molecule has 1 nitrogen and oxygen atoms in total. The van der Waals surface area contributed by atoms with Crippen molar-refractivity contribution < 1.29 is 4.39 Å². The van der Waals surface area contributed by atoms with Gasteiger partial charge >= 0.3 is 0 Å². The average molecular weight is 99.1 g/mol. The van der Waals surface area contributed by atoms with Crippen molar-refractivity contribution in [1.29, 1.82) is 0 Å². The quantitative estimate of drug-likeness (QED) is 0.369. The minimum Gasteiger partial charge on any atom is -0.229 e. The summed E-state index contributed by atoms with van der Waals surface area (Å²) in [7, 11) is 0. The summed E-state index contributed by atoms with van der Waals surface area (Å²) in [4.78, 5) is 3.14. The first-order valence-electron chi connectivity index (χ1n) is 1.77. The van der Waals surface area contributed by atoms with Crippen LogP contribution in [0.25, 0.3) is 0 Å². The first kappa shape index (κ1) is 6.08. The lowest BCUT2D eigenvalue weighted by atomic mass is 10.7. The van der Waals surface area contributed by atoms with Crippen LogP contribution in [-0.4, -0.2) is 6.21 Å². The van der Waals surface area contributed by atoms with E-state index in [1.807, 2.05) is 0 Å². The molecule has 7 heavy (non-hydrogen) atoms. The van der Waals surface area contributed by atoms with Gasteiger partial charge in [0.2, 0.25) is 5.95 Å². The summed E-state index contributed by atoms with van der Waals surface area (Å²) in [6, 6.07) is 0. The normalized spacial score (nSPS) is 9.29. The Balaban J connectivity index is 3.46. The van der Waals surface area contributed by atoms with Crippen LogP contribution in [0.3, 0.4) is 0 Å². The van der Waals surface area contributed by atoms with Crippen LogP contribution < -0.4 is 0 Å². The van der Waals surface area contributed by atoms with Crippen LogP contribution >= 0.6 is 0 Å². The SMILES string of the molecule is C=C/C=N\C(=C)F. The van der Waals surface area contributed by atoms with Crippen molar-refractivity contribution in [2.45, 2.75) is 0 Å². The fourth-order valence-electron chi connectivity index (χ4n) is 0.134. The van der Waals surface area contributed by atoms with Crippen molar-refractivity contribution in [3.8, 4) is 0 Å². The summed E-state index contributed by atoms with van der Waals surface area (Å²) in [5, 5.41) is 0. The van der Waals surface area contributed by atoms with E-state index in [0.717, 1.165) is 0 Å². The van der Waals surface area contributed by atoms with E-state index in [4.69, 9.17) is 0 Å². The molecule has 0 spiro atoms. The number of nitrogens with zero attached hydrogens (tertiary/aromatic N) is 1. The van der Waals surface area contributed by atoms with Crippen molar-refractivity contribution >= 4 is 6.21 Å². The number of rotatable bonds is 2. The third-order valence-corrected chi connectivity index (χ3v) is 0.320. The highest BCUT2D eigenvalue weighted by molar-refractivity contribution is 5.70. The van der Waals surface area contributed by atoms with Gasteiger partial charge in [0.1, 0.15) is 0 Å². The Morgan fingerprint density at radius 1 is 1.71 bits per heavy atom. The molecule has 0 radical (unpaired) electrons. The maximum absolute atomic E-state index is 11.4. The molecule has 0 aliphatic rings. The molecule has 0 saturated heterocycles. The van der Waals surface area contributed by atoms with Crippen LogP contribution in [0.5, 0.6) is 0 Å². The van der Waals surface area contributed by atoms with Crippen LogP contribution in [0.4, 0.5) is 4.39 Å². The van der Waals surface area contributed by atoms with Gasteiger partial charge in [-0.05, 0) is 6.58 Å². The lowest BCUT2D eigenvalue weighted by Crippen LogP contribution is -1.60. The van der Waals surface area contributed by atoms with Crippen LogP contribution in [0.1, 0.15) is 0 Å². The minimum absolute atomic E-state index is 0.695. The molecule has 0 rings (SSSR count). The summed E-state index contributed by atoms with van der Waals surface area (Å²) >= 11 is 0. The Kier molecular flexibility index (Phi) is 2.85. The summed E-state index contributed by atoms with van der Waals surface area (Å²) in [5.41, 5.74) is 0. The molecule has 0 unspecified atom stereocenters. The smallest absolute Gasteiger partial charge is 0.205 e. The van der Waals surface area contributed by atoms with Gasteiger partial charge in [-0.3, -0.25) is 0 Å². The van der Waals surface area contributed by atoms with E-state index < -0.39 is 5.95 Å². The molecular weight excluding hydrogens is 93.1 g/mol. The van der Waals surface area contributed by atoms with E-state index in [0.29, 0.717) is 0 Å². The molecule has 0 fully saturated rings. The van der Waals surface area contributed by atoms with E-state index in [1.165, 1.54) is 12.3 Å². The maximum Gasteiger partial charge on any atom is 0.205 e. The Hall–Kier alpha value is -0.920. The Morgan fingerprint density at radius 3 is 2.43 bits per heavy atom. The van der Waals surface area contributed by atoms with E-state index >= 15 is 0 Å². The summed E-state index contributed by atoms with van der Waals surface area (Å²) in [6.45, 7) is 6.16. The molecule has 0 aromatic carbocycles. The molecule has 0 heterocycles. The third-order valence-electron chi connectivity index (χ3n) is 0.320. The second kappa shape index (κ2) is 3.28. The number of allylic oxidation sites excluding steroid dienone is 1. The predicted octanol–water partition coefficient (Wildman–Crippen LogP) is 1.68. The zero-order chi connectivity index (χ0) is 5.70. The van der Waals surface area contributed by atoms with E-state index in [1.54, 1.807) is 0 Å². The second-order valence-electron chi connectivity index (χ2n) is 0.890. The van der Waals surface area contributed by atoms with Gasteiger partial charge < -0.3 is 0 Å². The standard InChI is InChI=1S/C5H6FN/c1-3-4-7-5(2)6/h3-4H,1-2H2/b7-4-. The van der Waals surface area contributed by atoms with Crippen molar-refractivity contribution in [1.82, 2.24) is 0 Å². The zero-order valence-corrected chi connectivity index (χ0v) is 3.89. The van der Waals surface area contributed by atoms with Crippen LogP contribution in [0.2, 0.25) is 0 Å². The van der Waals surface area contributed by atoms with Gasteiger partial charge in [0, 0.05) is 6.21 Å². The molecule has 38 valence electrons.